The number of nitrogens with one attached hydrogen (secondary N) is 1. The van der Waals surface area contributed by atoms with Gasteiger partial charge >= 0.3 is 0 Å². The summed E-state index contributed by atoms with van der Waals surface area (Å²) in [4.78, 5) is 35.1. The highest BCUT2D eigenvalue weighted by atomic mass is 32.2. The van der Waals surface area contributed by atoms with Gasteiger partial charge in [-0.25, -0.2) is 4.98 Å². The number of thiazole rings is 1. The molecule has 1 N–H and O–H groups in total. The lowest BCUT2D eigenvalue weighted by atomic mass is 10.1. The maximum absolute atomic E-state index is 13.2. The Balaban J connectivity index is 1.30. The zero-order valence-electron chi connectivity index (χ0n) is 18.7. The van der Waals surface area contributed by atoms with Crippen molar-refractivity contribution in [1.82, 2.24) is 14.8 Å². The van der Waals surface area contributed by atoms with E-state index in [1.165, 1.54) is 0 Å². The molecule has 0 aliphatic carbocycles. The summed E-state index contributed by atoms with van der Waals surface area (Å²) in [5.74, 6) is 0.787. The molecular formula is C25H28N4O2S2. The average Bonchev–Trinajstić information content (AvgIpc) is 3.37. The van der Waals surface area contributed by atoms with Crippen molar-refractivity contribution < 1.29 is 9.59 Å². The lowest BCUT2D eigenvalue weighted by molar-refractivity contribution is -0.117. The Bertz CT molecular complexity index is 1080. The summed E-state index contributed by atoms with van der Waals surface area (Å²) in [6.45, 7) is 5.01. The van der Waals surface area contributed by atoms with Crippen molar-refractivity contribution >= 4 is 40.6 Å². The second-order valence-corrected chi connectivity index (χ2v) is 9.63. The summed E-state index contributed by atoms with van der Waals surface area (Å²) >= 11 is 3.22. The fourth-order valence-corrected chi connectivity index (χ4v) is 5.46. The van der Waals surface area contributed by atoms with Crippen LogP contribution in [0.2, 0.25) is 0 Å². The number of carbonyl (C=O) groups excluding carboxylic acids is 2. The van der Waals surface area contributed by atoms with Crippen LogP contribution in [0.1, 0.15) is 28.5 Å². The highest BCUT2D eigenvalue weighted by molar-refractivity contribution is 7.98. The van der Waals surface area contributed by atoms with Crippen LogP contribution >= 0.6 is 23.1 Å². The van der Waals surface area contributed by atoms with E-state index in [1.807, 2.05) is 64.3 Å². The largest absolute Gasteiger partial charge is 0.336 e. The van der Waals surface area contributed by atoms with Gasteiger partial charge in [0.1, 0.15) is 0 Å². The van der Waals surface area contributed by atoms with Crippen molar-refractivity contribution in [2.24, 2.45) is 0 Å². The van der Waals surface area contributed by atoms with Crippen LogP contribution in [-0.2, 0) is 17.0 Å². The number of aromatic nitrogens is 1. The van der Waals surface area contributed by atoms with Gasteiger partial charge in [-0.2, -0.15) is 0 Å². The number of nitrogens with zero attached hydrogens (tertiary/aromatic N) is 3. The van der Waals surface area contributed by atoms with Gasteiger partial charge in [-0.05, 0) is 30.2 Å². The van der Waals surface area contributed by atoms with Crippen LogP contribution < -0.4 is 5.32 Å². The first-order chi connectivity index (χ1) is 16.1. The second-order valence-electron chi connectivity index (χ2n) is 7.89. The quantitative estimate of drug-likeness (QED) is 0.484. The summed E-state index contributed by atoms with van der Waals surface area (Å²) in [5.41, 5.74) is 5.61. The number of anilines is 1. The molecule has 6 nitrogen and oxygen atoms in total. The van der Waals surface area contributed by atoms with Gasteiger partial charge in [-0.1, -0.05) is 37.3 Å². The summed E-state index contributed by atoms with van der Waals surface area (Å²) in [6, 6.07) is 15.7. The third-order valence-electron chi connectivity index (χ3n) is 5.68. The van der Waals surface area contributed by atoms with E-state index in [4.69, 9.17) is 0 Å². The van der Waals surface area contributed by atoms with E-state index < -0.39 is 0 Å². The van der Waals surface area contributed by atoms with Gasteiger partial charge in [0.15, 0.2) is 0 Å². The Kier molecular flexibility index (Phi) is 8.15. The van der Waals surface area contributed by atoms with E-state index in [0.717, 1.165) is 39.6 Å². The van der Waals surface area contributed by atoms with E-state index in [0.29, 0.717) is 32.7 Å². The first kappa shape index (κ1) is 23.5. The maximum atomic E-state index is 13.2. The Morgan fingerprint density at radius 1 is 1.06 bits per heavy atom. The third kappa shape index (κ3) is 6.22. The molecule has 0 unspecified atom stereocenters. The van der Waals surface area contributed by atoms with Crippen LogP contribution in [0.25, 0.3) is 0 Å². The predicted octanol–water partition coefficient (Wildman–Crippen LogP) is 4.39. The molecule has 0 saturated carbocycles. The van der Waals surface area contributed by atoms with Crippen LogP contribution in [0, 0.1) is 0 Å². The number of aryl methyl sites for hydroxylation is 1. The van der Waals surface area contributed by atoms with Crippen LogP contribution in [0.5, 0.6) is 0 Å². The Labute approximate surface area is 203 Å². The van der Waals surface area contributed by atoms with Crippen molar-refractivity contribution in [1.29, 1.82) is 0 Å². The van der Waals surface area contributed by atoms with E-state index in [2.05, 4.69) is 22.1 Å². The average molecular weight is 481 g/mol. The van der Waals surface area contributed by atoms with Crippen molar-refractivity contribution in [3.63, 3.8) is 0 Å². The lowest BCUT2D eigenvalue weighted by Crippen LogP contribution is -2.50. The molecule has 0 spiro atoms. The summed E-state index contributed by atoms with van der Waals surface area (Å²) in [7, 11) is 0. The zero-order valence-corrected chi connectivity index (χ0v) is 20.3. The first-order valence-corrected chi connectivity index (χ1v) is 13.0. The minimum atomic E-state index is -0.0144. The van der Waals surface area contributed by atoms with Crippen LogP contribution in [0.3, 0.4) is 0 Å². The Morgan fingerprint density at radius 2 is 1.82 bits per heavy atom. The van der Waals surface area contributed by atoms with E-state index in [9.17, 15) is 9.59 Å². The number of para-hydroxylation sites is 1. The topological polar surface area (TPSA) is 65.5 Å². The molecule has 0 radical (unpaired) electrons. The number of carbonyl (C=O) groups is 2. The van der Waals surface area contributed by atoms with Crippen LogP contribution in [-0.4, -0.2) is 59.3 Å². The number of hydrogen-bond donors (Lipinski definition) is 1. The normalized spacial score (nSPS) is 14.3. The number of rotatable bonds is 8. The monoisotopic (exact) mass is 480 g/mol. The van der Waals surface area contributed by atoms with E-state index >= 15 is 0 Å². The molecule has 4 rings (SSSR count). The lowest BCUT2D eigenvalue weighted by Gasteiger charge is -2.34. The molecule has 3 aromatic rings. The Hall–Kier alpha value is -2.68. The number of hydrogen-bond acceptors (Lipinski definition) is 6. The fraction of sp³-hybridized carbons (Fsp3) is 0.320. The van der Waals surface area contributed by atoms with Gasteiger partial charge in [0, 0.05) is 47.9 Å². The third-order valence-corrected chi connectivity index (χ3v) is 7.42. The van der Waals surface area contributed by atoms with E-state index in [-0.39, 0.29) is 11.8 Å². The second kappa shape index (κ2) is 11.4. The molecule has 1 saturated heterocycles. The molecule has 2 heterocycles. The number of piperazine rings is 1. The molecule has 0 atom stereocenters. The number of amides is 2. The molecular weight excluding hydrogens is 452 g/mol. The van der Waals surface area contributed by atoms with Crippen molar-refractivity contribution in [3.8, 4) is 0 Å². The summed E-state index contributed by atoms with van der Waals surface area (Å²) in [6.07, 6.45) is 0.876. The van der Waals surface area contributed by atoms with Gasteiger partial charge in [0.05, 0.1) is 23.3 Å². The van der Waals surface area contributed by atoms with Gasteiger partial charge in [-0.15, -0.1) is 23.1 Å². The standard InChI is InChI=1S/C25H28N4O2S2/c1-2-19-7-3-5-9-22(19)27-24(30)15-28-11-13-29(14-12-28)25(31)21-8-4-6-10-23(21)33-17-20-16-32-18-26-20/h3-10,16,18H,2,11-15,17H2,1H3,(H,27,30). The molecule has 1 fully saturated rings. The number of thioether (sulfide) groups is 1. The highest BCUT2D eigenvalue weighted by Crippen LogP contribution is 2.27. The molecule has 0 bridgehead atoms. The van der Waals surface area contributed by atoms with Gasteiger partial charge in [0.2, 0.25) is 5.91 Å². The van der Waals surface area contributed by atoms with Crippen molar-refractivity contribution in [3.05, 3.63) is 76.2 Å². The molecule has 1 aromatic heterocycles. The molecule has 2 amide bonds. The Morgan fingerprint density at radius 3 is 2.58 bits per heavy atom. The highest BCUT2D eigenvalue weighted by Gasteiger charge is 2.25. The molecule has 2 aromatic carbocycles. The molecule has 1 aliphatic rings. The van der Waals surface area contributed by atoms with Gasteiger partial charge in [0.25, 0.3) is 5.91 Å². The SMILES string of the molecule is CCc1ccccc1NC(=O)CN1CCN(C(=O)c2ccccc2SCc2cscn2)CC1. The van der Waals surface area contributed by atoms with E-state index in [1.54, 1.807) is 23.1 Å². The first-order valence-electron chi connectivity index (χ1n) is 11.1. The minimum Gasteiger partial charge on any atom is -0.336 e. The minimum absolute atomic E-state index is 0.0144. The molecule has 1 aliphatic heterocycles. The van der Waals surface area contributed by atoms with Gasteiger partial charge in [-0.3, -0.25) is 14.5 Å². The summed E-state index contributed by atoms with van der Waals surface area (Å²) < 4.78 is 0. The van der Waals surface area contributed by atoms with Crippen molar-refractivity contribution in [2.75, 3.05) is 38.0 Å². The van der Waals surface area contributed by atoms with Crippen molar-refractivity contribution in [2.45, 2.75) is 24.0 Å². The smallest absolute Gasteiger partial charge is 0.255 e. The maximum Gasteiger partial charge on any atom is 0.255 e. The number of benzene rings is 2. The fourth-order valence-electron chi connectivity index (χ4n) is 3.85. The van der Waals surface area contributed by atoms with Crippen LogP contribution in [0.4, 0.5) is 5.69 Å². The van der Waals surface area contributed by atoms with Crippen LogP contribution in [0.15, 0.2) is 64.3 Å². The summed E-state index contributed by atoms with van der Waals surface area (Å²) in [5, 5.41) is 5.07. The van der Waals surface area contributed by atoms with Gasteiger partial charge < -0.3 is 10.2 Å². The molecule has 8 heteroatoms. The molecule has 172 valence electrons. The molecule has 33 heavy (non-hydrogen) atoms. The predicted molar refractivity (Wildman–Crippen MR) is 135 cm³/mol. The zero-order chi connectivity index (χ0) is 23.0.